The van der Waals surface area contributed by atoms with Crippen molar-refractivity contribution in [1.29, 1.82) is 0 Å². The van der Waals surface area contributed by atoms with Crippen LogP contribution in [0.5, 0.6) is 0 Å². The minimum atomic E-state index is -1.08. The molecule has 2 aromatic heterocycles. The van der Waals surface area contributed by atoms with Gasteiger partial charge < -0.3 is 10.5 Å². The molecule has 0 unspecified atom stereocenters. The molecule has 1 aliphatic heterocycles. The molecule has 0 atom stereocenters. The molecule has 1 aromatic carbocycles. The highest BCUT2D eigenvalue weighted by Crippen LogP contribution is 2.44. The van der Waals surface area contributed by atoms with Crippen LogP contribution in [0, 0.1) is 5.82 Å². The Morgan fingerprint density at radius 1 is 1.20 bits per heavy atom. The van der Waals surface area contributed by atoms with Crippen LogP contribution in [0.3, 0.4) is 0 Å². The summed E-state index contributed by atoms with van der Waals surface area (Å²) in [4.78, 5) is 42.6. The predicted molar refractivity (Wildman–Crippen MR) is 109 cm³/mol. The van der Waals surface area contributed by atoms with Crippen molar-refractivity contribution < 1.29 is 23.5 Å². The highest BCUT2D eigenvalue weighted by Gasteiger charge is 2.40. The van der Waals surface area contributed by atoms with Crippen molar-refractivity contribution in [2.75, 3.05) is 4.90 Å². The lowest BCUT2D eigenvalue weighted by atomic mass is 10.0. The van der Waals surface area contributed by atoms with E-state index in [0.717, 1.165) is 12.1 Å². The van der Waals surface area contributed by atoms with Gasteiger partial charge in [-0.3, -0.25) is 4.79 Å². The van der Waals surface area contributed by atoms with E-state index in [4.69, 9.17) is 22.1 Å². The van der Waals surface area contributed by atoms with Crippen LogP contribution in [0.4, 0.5) is 14.9 Å². The van der Waals surface area contributed by atoms with E-state index in [-0.39, 0.29) is 33.3 Å². The molecule has 3 heterocycles. The van der Waals surface area contributed by atoms with Crippen LogP contribution < -0.4 is 10.6 Å². The highest BCUT2D eigenvalue weighted by atomic mass is 35.5. The molecule has 0 aliphatic carbocycles. The molecule has 2 N–H and O–H groups in total. The van der Waals surface area contributed by atoms with E-state index >= 15 is 0 Å². The zero-order valence-corrected chi connectivity index (χ0v) is 16.5. The van der Waals surface area contributed by atoms with Gasteiger partial charge in [-0.15, -0.1) is 11.3 Å². The summed E-state index contributed by atoms with van der Waals surface area (Å²) in [5.41, 5.74) is 5.20. The fourth-order valence-corrected chi connectivity index (χ4v) is 3.83. The summed E-state index contributed by atoms with van der Waals surface area (Å²) in [6.45, 7) is 0. The number of amides is 3. The van der Waals surface area contributed by atoms with E-state index in [1.165, 1.54) is 23.6 Å². The first-order valence-electron chi connectivity index (χ1n) is 8.43. The first-order valence-corrected chi connectivity index (χ1v) is 9.69. The third kappa shape index (κ3) is 3.34. The summed E-state index contributed by atoms with van der Waals surface area (Å²) in [7, 11) is 0. The lowest BCUT2D eigenvalue weighted by Crippen LogP contribution is -2.38. The zero-order chi connectivity index (χ0) is 21.4. The van der Waals surface area contributed by atoms with Crippen LogP contribution in [0.2, 0.25) is 5.02 Å². The number of nitrogens with two attached hydrogens (primary N) is 1. The zero-order valence-electron chi connectivity index (χ0n) is 15.0. The maximum absolute atomic E-state index is 14.2. The molecular formula is C20H11ClFN3O4S. The maximum Gasteiger partial charge on any atom is 0.362 e. The third-order valence-electron chi connectivity index (χ3n) is 4.23. The van der Waals surface area contributed by atoms with Crippen molar-refractivity contribution >= 4 is 57.9 Å². The number of carbonyl (C=O) groups excluding carboxylic acids is 3. The largest absolute Gasteiger partial charge is 0.419 e. The number of rotatable bonds is 3. The Balaban J connectivity index is 1.94. The fraction of sp³-hybridized carbons (Fsp3) is 0. The van der Waals surface area contributed by atoms with Crippen molar-refractivity contribution in [3.8, 4) is 0 Å². The molecular weight excluding hydrogens is 433 g/mol. The predicted octanol–water partition coefficient (Wildman–Crippen LogP) is 4.09. The standard InChI is InChI=1S/C20H11ClFN3O4S/c21-11-9-14-10(8-12(11)22)16(18(26)25(14)20(23)28)17(15-5-3-7-30-15)29-19(27)13-4-1-2-6-24-13/h1-9H,(H2,23,28). The smallest absolute Gasteiger partial charge is 0.362 e. The number of hydrogen-bond acceptors (Lipinski definition) is 6. The van der Waals surface area contributed by atoms with Gasteiger partial charge in [-0.2, -0.15) is 0 Å². The third-order valence-corrected chi connectivity index (χ3v) is 5.39. The van der Waals surface area contributed by atoms with Crippen LogP contribution >= 0.6 is 22.9 Å². The number of hydrogen-bond donors (Lipinski definition) is 1. The molecule has 0 fully saturated rings. The van der Waals surface area contributed by atoms with E-state index < -0.39 is 23.7 Å². The molecule has 7 nitrogen and oxygen atoms in total. The van der Waals surface area contributed by atoms with Gasteiger partial charge in [0.25, 0.3) is 5.91 Å². The average molecular weight is 444 g/mol. The Morgan fingerprint density at radius 2 is 2.00 bits per heavy atom. The van der Waals surface area contributed by atoms with Gasteiger partial charge >= 0.3 is 12.0 Å². The van der Waals surface area contributed by atoms with Crippen molar-refractivity contribution in [3.63, 3.8) is 0 Å². The molecule has 0 radical (unpaired) electrons. The Labute approximate surface area is 178 Å². The molecule has 0 spiro atoms. The van der Waals surface area contributed by atoms with Crippen LogP contribution in [0.15, 0.2) is 54.0 Å². The van der Waals surface area contributed by atoms with E-state index in [9.17, 15) is 18.8 Å². The second kappa shape index (κ2) is 7.69. The quantitative estimate of drug-likeness (QED) is 0.373. The molecule has 0 saturated heterocycles. The second-order valence-corrected chi connectivity index (χ2v) is 7.40. The number of nitrogens with zero attached hydrogens (tertiary/aromatic N) is 2. The van der Waals surface area contributed by atoms with Crippen molar-refractivity contribution in [3.05, 3.63) is 81.0 Å². The summed E-state index contributed by atoms with van der Waals surface area (Å²) in [5.74, 6) is -2.64. The van der Waals surface area contributed by atoms with Gasteiger partial charge in [-0.1, -0.05) is 23.7 Å². The Bertz CT molecular complexity index is 1210. The molecule has 0 bridgehead atoms. The lowest BCUT2D eigenvalue weighted by molar-refractivity contribution is -0.112. The Morgan fingerprint density at radius 3 is 2.63 bits per heavy atom. The minimum Gasteiger partial charge on any atom is -0.419 e. The number of thiophene rings is 1. The highest BCUT2D eigenvalue weighted by molar-refractivity contribution is 7.11. The van der Waals surface area contributed by atoms with Gasteiger partial charge in [0, 0.05) is 11.8 Å². The van der Waals surface area contributed by atoms with Crippen LogP contribution in [0.25, 0.3) is 11.3 Å². The number of fused-ring (bicyclic) bond motifs is 1. The van der Waals surface area contributed by atoms with E-state index in [1.54, 1.807) is 29.6 Å². The number of pyridine rings is 1. The average Bonchev–Trinajstić information content (AvgIpc) is 3.34. The molecule has 3 aromatic rings. The number of ether oxygens (including phenoxy) is 1. The Kier molecular flexibility index (Phi) is 5.06. The topological polar surface area (TPSA) is 103 Å². The van der Waals surface area contributed by atoms with Crippen LogP contribution in [-0.2, 0) is 9.53 Å². The van der Waals surface area contributed by atoms with Crippen LogP contribution in [-0.4, -0.2) is 22.9 Å². The first kappa shape index (κ1) is 19.7. The van der Waals surface area contributed by atoms with E-state index in [2.05, 4.69) is 4.98 Å². The van der Waals surface area contributed by atoms with Gasteiger partial charge in [-0.05, 0) is 35.7 Å². The summed E-state index contributed by atoms with van der Waals surface area (Å²) >= 11 is 7.02. The van der Waals surface area contributed by atoms with Gasteiger partial charge in [0.15, 0.2) is 5.76 Å². The molecule has 30 heavy (non-hydrogen) atoms. The molecule has 0 saturated carbocycles. The van der Waals surface area contributed by atoms with Crippen LogP contribution in [0.1, 0.15) is 20.9 Å². The maximum atomic E-state index is 14.2. The van der Waals surface area contributed by atoms with Gasteiger partial charge in [-0.25, -0.2) is 23.9 Å². The monoisotopic (exact) mass is 443 g/mol. The number of aromatic nitrogens is 1. The molecule has 10 heteroatoms. The number of benzene rings is 1. The molecule has 4 rings (SSSR count). The normalized spacial score (nSPS) is 14.5. The van der Waals surface area contributed by atoms with Gasteiger partial charge in [0.2, 0.25) is 0 Å². The van der Waals surface area contributed by atoms with Crippen molar-refractivity contribution in [1.82, 2.24) is 4.98 Å². The summed E-state index contributed by atoms with van der Waals surface area (Å²) in [5, 5.41) is 1.41. The number of imide groups is 1. The number of esters is 1. The summed E-state index contributed by atoms with van der Waals surface area (Å²) < 4.78 is 19.7. The van der Waals surface area contributed by atoms with Crippen molar-refractivity contribution in [2.24, 2.45) is 5.73 Å². The van der Waals surface area contributed by atoms with E-state index in [0.29, 0.717) is 9.78 Å². The summed E-state index contributed by atoms with van der Waals surface area (Å²) in [6, 6.07) is 9.01. The molecule has 3 amide bonds. The van der Waals surface area contributed by atoms with Gasteiger partial charge in [0.05, 0.1) is 21.2 Å². The molecule has 1 aliphatic rings. The lowest BCUT2D eigenvalue weighted by Gasteiger charge is -2.12. The molecule has 150 valence electrons. The number of primary amides is 1. The number of carbonyl (C=O) groups is 3. The second-order valence-electron chi connectivity index (χ2n) is 6.05. The van der Waals surface area contributed by atoms with Crippen molar-refractivity contribution in [2.45, 2.75) is 0 Å². The van der Waals surface area contributed by atoms with E-state index in [1.807, 2.05) is 0 Å². The first-order chi connectivity index (χ1) is 14.4. The number of urea groups is 1. The number of halogens is 2. The summed E-state index contributed by atoms with van der Waals surface area (Å²) in [6.07, 6.45) is 1.41. The fourth-order valence-electron chi connectivity index (χ4n) is 2.96. The Hall–Kier alpha value is -3.56. The minimum absolute atomic E-state index is 0.00292. The van der Waals surface area contributed by atoms with Gasteiger partial charge in [0.1, 0.15) is 11.5 Å². The number of anilines is 1. The SMILES string of the molecule is NC(=O)N1C(=O)C(=C(OC(=O)c2ccccn2)c2cccs2)c2cc(F)c(Cl)cc21.